The van der Waals surface area contributed by atoms with E-state index in [1.54, 1.807) is 0 Å². The number of carbonyl (C=O) groups is 1. The number of ketones is 1. The quantitative estimate of drug-likeness (QED) is 0.705. The summed E-state index contributed by atoms with van der Waals surface area (Å²) in [5.74, 6) is 0.452. The zero-order valence-corrected chi connectivity index (χ0v) is 16.3. The lowest BCUT2D eigenvalue weighted by Crippen LogP contribution is -3.07. The van der Waals surface area contributed by atoms with Crippen LogP contribution in [0.5, 0.6) is 0 Å². The topological polar surface area (TPSA) is 67.7 Å². The molecule has 0 spiro atoms. The summed E-state index contributed by atoms with van der Waals surface area (Å²) in [6, 6.07) is 0. The summed E-state index contributed by atoms with van der Waals surface area (Å²) in [6.07, 6.45) is 2.25. The monoisotopic (exact) mass is 345 g/mol. The van der Waals surface area contributed by atoms with Gasteiger partial charge in [-0.1, -0.05) is 27.7 Å². The second kappa shape index (κ2) is 5.81. The van der Waals surface area contributed by atoms with Gasteiger partial charge in [-0.3, -0.25) is 4.79 Å². The first-order chi connectivity index (χ1) is 10.3. The van der Waals surface area contributed by atoms with Crippen molar-refractivity contribution in [1.29, 1.82) is 0 Å². The minimum Gasteiger partial charge on any atom is -0.339 e. The highest BCUT2D eigenvalue weighted by Gasteiger charge is 2.65. The van der Waals surface area contributed by atoms with E-state index in [1.807, 2.05) is 0 Å². The Bertz CT molecular complexity index is 581. The number of Topliss-reactive ketones (excluding diaryl/α,β-unsaturated/α-hetero) is 1. The fraction of sp³-hybridized carbons (Fsp3) is 0.941. The van der Waals surface area contributed by atoms with E-state index in [9.17, 15) is 13.2 Å². The molecule has 0 saturated heterocycles. The van der Waals surface area contributed by atoms with Gasteiger partial charge in [-0.05, 0) is 24.2 Å². The Morgan fingerprint density at radius 3 is 2.35 bits per heavy atom. The zero-order valence-electron chi connectivity index (χ0n) is 15.5. The number of fused-ring (bicyclic) bond motifs is 2. The fourth-order valence-corrected chi connectivity index (χ4v) is 6.85. The average Bonchev–Trinajstić information content (AvgIpc) is 2.69. The smallest absolute Gasteiger partial charge is 0.212 e. The van der Waals surface area contributed by atoms with Crippen molar-refractivity contribution in [3.05, 3.63) is 0 Å². The van der Waals surface area contributed by atoms with Crippen molar-refractivity contribution in [3.8, 4) is 0 Å². The first-order valence-electron chi connectivity index (χ1n) is 8.61. The van der Waals surface area contributed by atoms with E-state index in [0.717, 1.165) is 19.4 Å². The van der Waals surface area contributed by atoms with Crippen LogP contribution in [0.15, 0.2) is 0 Å². The van der Waals surface area contributed by atoms with Gasteiger partial charge < -0.3 is 4.90 Å². The van der Waals surface area contributed by atoms with Crippen LogP contribution in [0.25, 0.3) is 0 Å². The summed E-state index contributed by atoms with van der Waals surface area (Å²) < 4.78 is 28.1. The second-order valence-electron chi connectivity index (χ2n) is 9.29. The normalized spacial score (nSPS) is 30.4. The number of nitrogens with one attached hydrogen (secondary N) is 2. The van der Waals surface area contributed by atoms with E-state index in [-0.39, 0.29) is 22.4 Å². The standard InChI is InChI=1S/C17H32N2O3S/c1-15(2,11-19(5)6)10-18-23(21,22)12-17-8-7-13(9-14(17)20)16(17,3)4/h13,18H,7-12H2,1-6H3/p+1/t13-,17+/m1/s1. The molecule has 0 aromatic heterocycles. The SMILES string of the molecule is C[NH+](C)CC(C)(C)CNS(=O)(=O)C[C@@]12CC[C@H](CC1=O)C2(C)C. The molecule has 2 N–H and O–H groups in total. The van der Waals surface area contributed by atoms with Gasteiger partial charge in [-0.15, -0.1) is 0 Å². The molecule has 2 fully saturated rings. The highest BCUT2D eigenvalue weighted by atomic mass is 32.2. The predicted octanol–water partition coefficient (Wildman–Crippen LogP) is 0.472. The molecular formula is C17H33N2O3S+. The van der Waals surface area contributed by atoms with Gasteiger partial charge in [0.15, 0.2) is 0 Å². The molecule has 2 atom stereocenters. The van der Waals surface area contributed by atoms with Gasteiger partial charge >= 0.3 is 0 Å². The van der Waals surface area contributed by atoms with E-state index in [2.05, 4.69) is 46.5 Å². The van der Waals surface area contributed by atoms with Crippen molar-refractivity contribution < 1.29 is 18.1 Å². The third kappa shape index (κ3) is 3.49. The molecule has 5 nitrogen and oxygen atoms in total. The number of quaternary nitrogens is 1. The van der Waals surface area contributed by atoms with Gasteiger partial charge in [-0.25, -0.2) is 13.1 Å². The summed E-state index contributed by atoms with van der Waals surface area (Å²) in [5.41, 5.74) is -1.00. The Balaban J connectivity index is 2.08. The van der Waals surface area contributed by atoms with E-state index < -0.39 is 15.4 Å². The van der Waals surface area contributed by atoms with Crippen molar-refractivity contribution in [2.24, 2.45) is 22.2 Å². The summed E-state index contributed by atoms with van der Waals surface area (Å²) in [4.78, 5) is 13.8. The Kier molecular flexibility index (Phi) is 4.77. The van der Waals surface area contributed by atoms with Crippen LogP contribution in [0.2, 0.25) is 0 Å². The Hall–Kier alpha value is -0.460. The molecule has 2 aliphatic carbocycles. The van der Waals surface area contributed by atoms with Crippen LogP contribution in [0.4, 0.5) is 0 Å². The molecule has 23 heavy (non-hydrogen) atoms. The largest absolute Gasteiger partial charge is 0.339 e. The molecule has 0 heterocycles. The van der Waals surface area contributed by atoms with Crippen molar-refractivity contribution in [3.63, 3.8) is 0 Å². The van der Waals surface area contributed by atoms with E-state index >= 15 is 0 Å². The lowest BCUT2D eigenvalue weighted by Gasteiger charge is -2.36. The number of carbonyl (C=O) groups excluding carboxylic acids is 1. The molecule has 2 bridgehead atoms. The maximum atomic E-state index is 12.7. The molecule has 0 aromatic rings. The van der Waals surface area contributed by atoms with Gasteiger partial charge in [0.1, 0.15) is 5.78 Å². The van der Waals surface area contributed by atoms with Crippen molar-refractivity contribution in [2.45, 2.75) is 47.0 Å². The van der Waals surface area contributed by atoms with Gasteiger partial charge in [0.25, 0.3) is 0 Å². The van der Waals surface area contributed by atoms with Crippen LogP contribution >= 0.6 is 0 Å². The van der Waals surface area contributed by atoms with Crippen LogP contribution in [-0.2, 0) is 14.8 Å². The molecule has 0 amide bonds. The van der Waals surface area contributed by atoms with Crippen molar-refractivity contribution >= 4 is 15.8 Å². The lowest BCUT2D eigenvalue weighted by molar-refractivity contribution is -0.865. The third-order valence-electron chi connectivity index (χ3n) is 6.18. The van der Waals surface area contributed by atoms with Gasteiger partial charge in [0.05, 0.1) is 26.4 Å². The zero-order chi connectivity index (χ0) is 17.7. The van der Waals surface area contributed by atoms with Crippen molar-refractivity contribution in [2.75, 3.05) is 32.9 Å². The molecule has 2 saturated carbocycles. The van der Waals surface area contributed by atoms with Crippen LogP contribution in [0.3, 0.4) is 0 Å². The average molecular weight is 346 g/mol. The molecule has 0 aromatic carbocycles. The molecule has 0 radical (unpaired) electrons. The number of rotatable bonds is 7. The first kappa shape index (κ1) is 18.9. The van der Waals surface area contributed by atoms with Gasteiger partial charge in [0.2, 0.25) is 10.0 Å². The van der Waals surface area contributed by atoms with Crippen molar-refractivity contribution in [1.82, 2.24) is 4.72 Å². The Morgan fingerprint density at radius 2 is 1.91 bits per heavy atom. The number of hydrogen-bond acceptors (Lipinski definition) is 3. The molecule has 6 heteroatoms. The molecule has 2 rings (SSSR count). The van der Waals surface area contributed by atoms with Gasteiger partial charge in [0, 0.05) is 23.8 Å². The summed E-state index contributed by atoms with van der Waals surface area (Å²) in [6.45, 7) is 9.57. The maximum absolute atomic E-state index is 12.7. The molecule has 0 unspecified atom stereocenters. The molecular weight excluding hydrogens is 312 g/mol. The van der Waals surface area contributed by atoms with E-state index in [0.29, 0.717) is 18.9 Å². The highest BCUT2D eigenvalue weighted by Crippen LogP contribution is 2.64. The van der Waals surface area contributed by atoms with E-state index in [1.165, 1.54) is 4.90 Å². The first-order valence-corrected chi connectivity index (χ1v) is 10.3. The number of sulfonamides is 1. The second-order valence-corrected chi connectivity index (χ2v) is 11.1. The van der Waals surface area contributed by atoms with Crippen LogP contribution in [-0.4, -0.2) is 47.1 Å². The predicted molar refractivity (Wildman–Crippen MR) is 91.8 cm³/mol. The number of hydrogen-bond donors (Lipinski definition) is 2. The lowest BCUT2D eigenvalue weighted by atomic mass is 9.70. The molecule has 2 aliphatic rings. The summed E-state index contributed by atoms with van der Waals surface area (Å²) >= 11 is 0. The molecule has 134 valence electrons. The van der Waals surface area contributed by atoms with Crippen LogP contribution in [0.1, 0.15) is 47.0 Å². The summed E-state index contributed by atoms with van der Waals surface area (Å²) in [5, 5.41) is 0. The minimum atomic E-state index is -3.46. The summed E-state index contributed by atoms with van der Waals surface area (Å²) in [7, 11) is 0.664. The van der Waals surface area contributed by atoms with Crippen LogP contribution in [0, 0.1) is 22.2 Å². The minimum absolute atomic E-state index is 0.0484. The maximum Gasteiger partial charge on any atom is 0.212 e. The Labute approximate surface area is 141 Å². The Morgan fingerprint density at radius 1 is 1.30 bits per heavy atom. The van der Waals surface area contributed by atoms with E-state index in [4.69, 9.17) is 0 Å². The third-order valence-corrected chi connectivity index (χ3v) is 7.64. The highest BCUT2D eigenvalue weighted by molar-refractivity contribution is 7.89. The fourth-order valence-electron chi connectivity index (χ4n) is 4.81. The van der Waals surface area contributed by atoms with Gasteiger partial charge in [-0.2, -0.15) is 0 Å². The molecule has 0 aliphatic heterocycles. The van der Waals surface area contributed by atoms with Crippen LogP contribution < -0.4 is 9.62 Å².